The van der Waals surface area contributed by atoms with Crippen LogP contribution in [0.3, 0.4) is 0 Å². The van der Waals surface area contributed by atoms with Crippen LogP contribution in [0.2, 0.25) is 0 Å². The molecule has 0 radical (unpaired) electrons. The van der Waals surface area contributed by atoms with E-state index in [1.807, 2.05) is 23.3 Å². The molecule has 1 saturated heterocycles. The normalized spacial score (nSPS) is 25.0. The average Bonchev–Trinajstić information content (AvgIpc) is 3.01. The summed E-state index contributed by atoms with van der Waals surface area (Å²) in [5, 5.41) is 7.40. The fourth-order valence-electron chi connectivity index (χ4n) is 2.28. The van der Waals surface area contributed by atoms with Crippen molar-refractivity contribution in [2.75, 3.05) is 27.4 Å². The van der Waals surface area contributed by atoms with Crippen molar-refractivity contribution in [3.8, 4) is 0 Å². The molecule has 1 aliphatic heterocycles. The number of hydrogen-bond donors (Lipinski definition) is 1. The number of rotatable bonds is 6. The molecule has 2 heterocycles. The lowest BCUT2D eigenvalue weighted by Gasteiger charge is -2.27. The van der Waals surface area contributed by atoms with Crippen molar-refractivity contribution in [3.63, 3.8) is 0 Å². The van der Waals surface area contributed by atoms with Crippen LogP contribution < -0.4 is 5.32 Å². The van der Waals surface area contributed by atoms with Crippen LogP contribution >= 0.6 is 11.3 Å². The van der Waals surface area contributed by atoms with Crippen LogP contribution in [0.1, 0.15) is 18.7 Å². The second-order valence-corrected chi connectivity index (χ2v) is 5.43. The van der Waals surface area contributed by atoms with E-state index in [0.717, 1.165) is 5.56 Å². The van der Waals surface area contributed by atoms with Crippen molar-refractivity contribution in [3.05, 3.63) is 22.4 Å². The number of carbonyl (C=O) groups is 1. The van der Waals surface area contributed by atoms with Crippen molar-refractivity contribution in [1.29, 1.82) is 0 Å². The van der Waals surface area contributed by atoms with Crippen LogP contribution in [0.15, 0.2) is 16.8 Å². The fraction of sp³-hybridized carbons (Fsp3) is 0.615. The topological polar surface area (TPSA) is 50.8 Å². The highest BCUT2D eigenvalue weighted by molar-refractivity contribution is 7.07. The van der Waals surface area contributed by atoms with Crippen molar-refractivity contribution in [2.45, 2.75) is 25.2 Å². The van der Waals surface area contributed by atoms with Crippen LogP contribution in [0, 0.1) is 0 Å². The van der Waals surface area contributed by atoms with Gasteiger partial charge in [0, 0.05) is 14.2 Å². The monoisotopic (exact) mass is 284 g/mol. The Labute approximate surface area is 117 Å². The Hall–Kier alpha value is -0.950. The second kappa shape index (κ2) is 6.47. The lowest BCUT2D eigenvalue weighted by Crippen LogP contribution is -2.39. The van der Waals surface area contributed by atoms with Gasteiger partial charge in [0.1, 0.15) is 6.17 Å². The summed E-state index contributed by atoms with van der Waals surface area (Å²) in [5.41, 5.74) is 1.12. The van der Waals surface area contributed by atoms with Gasteiger partial charge in [-0.05, 0) is 29.3 Å². The summed E-state index contributed by atoms with van der Waals surface area (Å²) in [6.45, 7) is 2.89. The average molecular weight is 284 g/mol. The minimum Gasteiger partial charge on any atom is -0.382 e. The third-order valence-corrected chi connectivity index (χ3v) is 4.02. The van der Waals surface area contributed by atoms with Crippen LogP contribution in [0.4, 0.5) is 0 Å². The molecule has 3 unspecified atom stereocenters. The van der Waals surface area contributed by atoms with Gasteiger partial charge in [-0.3, -0.25) is 10.1 Å². The number of methoxy groups -OCH3 is 2. The highest BCUT2D eigenvalue weighted by atomic mass is 32.1. The van der Waals surface area contributed by atoms with Gasteiger partial charge in [0.05, 0.1) is 25.3 Å². The van der Waals surface area contributed by atoms with E-state index in [4.69, 9.17) is 9.47 Å². The van der Waals surface area contributed by atoms with E-state index in [0.29, 0.717) is 13.2 Å². The van der Waals surface area contributed by atoms with Crippen molar-refractivity contribution in [2.24, 2.45) is 0 Å². The molecule has 1 fully saturated rings. The van der Waals surface area contributed by atoms with Gasteiger partial charge in [-0.2, -0.15) is 11.3 Å². The van der Waals surface area contributed by atoms with Gasteiger partial charge in [-0.1, -0.05) is 0 Å². The molecule has 106 valence electrons. The summed E-state index contributed by atoms with van der Waals surface area (Å²) in [6, 6.07) is 1.88. The molecular formula is C13H20N2O3S. The predicted octanol–water partition coefficient (Wildman–Crippen LogP) is 1.23. The minimum absolute atomic E-state index is 0.0664. The fourth-order valence-corrected chi connectivity index (χ4v) is 2.96. The first-order valence-electron chi connectivity index (χ1n) is 6.27. The summed E-state index contributed by atoms with van der Waals surface area (Å²) in [6.07, 6.45) is -0.176. The number of amides is 1. The number of ether oxygens (including phenoxy) is 2. The minimum atomic E-state index is -0.162. The van der Waals surface area contributed by atoms with Crippen molar-refractivity contribution < 1.29 is 14.3 Å². The van der Waals surface area contributed by atoms with E-state index in [-0.39, 0.29) is 24.2 Å². The zero-order chi connectivity index (χ0) is 13.8. The standard InChI is InChI=1S/C13H20N2O3S/c1-9-13(16)15(6-11(18-3)7-17-2)12(14-9)10-4-5-19-8-10/h4-5,8-9,11-12,14H,6-7H2,1-3H3. The van der Waals surface area contributed by atoms with Gasteiger partial charge < -0.3 is 14.4 Å². The third kappa shape index (κ3) is 3.14. The summed E-state index contributed by atoms with van der Waals surface area (Å²) in [4.78, 5) is 14.1. The van der Waals surface area contributed by atoms with Gasteiger partial charge in [-0.15, -0.1) is 0 Å². The molecule has 1 aliphatic rings. The zero-order valence-corrected chi connectivity index (χ0v) is 12.3. The Morgan fingerprint density at radius 1 is 1.53 bits per heavy atom. The smallest absolute Gasteiger partial charge is 0.241 e. The van der Waals surface area contributed by atoms with Crippen molar-refractivity contribution in [1.82, 2.24) is 10.2 Å². The van der Waals surface area contributed by atoms with Gasteiger partial charge >= 0.3 is 0 Å². The molecular weight excluding hydrogens is 264 g/mol. The molecule has 0 bridgehead atoms. The first-order chi connectivity index (χ1) is 9.17. The molecule has 0 aliphatic carbocycles. The Balaban J connectivity index is 2.12. The Kier molecular flexibility index (Phi) is 4.93. The molecule has 2 rings (SSSR count). The highest BCUT2D eigenvalue weighted by Crippen LogP contribution is 2.27. The van der Waals surface area contributed by atoms with E-state index in [9.17, 15) is 4.79 Å². The summed E-state index contributed by atoms with van der Waals surface area (Å²) in [7, 11) is 3.27. The number of thiophene rings is 1. The van der Waals surface area contributed by atoms with Crippen LogP contribution in [-0.4, -0.2) is 50.3 Å². The quantitative estimate of drug-likeness (QED) is 0.853. The van der Waals surface area contributed by atoms with E-state index in [2.05, 4.69) is 10.7 Å². The van der Waals surface area contributed by atoms with Crippen molar-refractivity contribution >= 4 is 17.2 Å². The van der Waals surface area contributed by atoms with Crippen LogP contribution in [-0.2, 0) is 14.3 Å². The molecule has 5 nitrogen and oxygen atoms in total. The lowest BCUT2D eigenvalue weighted by molar-refractivity contribution is -0.132. The largest absolute Gasteiger partial charge is 0.382 e. The van der Waals surface area contributed by atoms with Gasteiger partial charge in [0.2, 0.25) is 5.91 Å². The molecule has 1 N–H and O–H groups in total. The summed E-state index contributed by atoms with van der Waals surface area (Å²) >= 11 is 1.63. The highest BCUT2D eigenvalue weighted by Gasteiger charge is 2.38. The second-order valence-electron chi connectivity index (χ2n) is 4.65. The first kappa shape index (κ1) is 14.5. The zero-order valence-electron chi connectivity index (χ0n) is 11.5. The first-order valence-corrected chi connectivity index (χ1v) is 7.22. The number of nitrogens with zero attached hydrogens (tertiary/aromatic N) is 1. The van der Waals surface area contributed by atoms with Crippen LogP contribution in [0.25, 0.3) is 0 Å². The SMILES string of the molecule is COCC(CN1C(=O)C(C)NC1c1ccsc1)OC. The molecule has 0 saturated carbocycles. The number of hydrogen-bond acceptors (Lipinski definition) is 5. The molecule has 1 aromatic heterocycles. The van der Waals surface area contributed by atoms with E-state index in [1.54, 1.807) is 25.6 Å². The van der Waals surface area contributed by atoms with E-state index in [1.165, 1.54) is 0 Å². The Bertz CT molecular complexity index is 410. The third-order valence-electron chi connectivity index (χ3n) is 3.32. The molecule has 1 amide bonds. The molecule has 3 atom stereocenters. The van der Waals surface area contributed by atoms with Gasteiger partial charge in [0.15, 0.2) is 0 Å². The predicted molar refractivity (Wildman–Crippen MR) is 74.0 cm³/mol. The number of carbonyl (C=O) groups excluding carboxylic acids is 1. The molecule has 6 heteroatoms. The maximum atomic E-state index is 12.2. The van der Waals surface area contributed by atoms with Gasteiger partial charge in [-0.25, -0.2) is 0 Å². The van der Waals surface area contributed by atoms with Crippen LogP contribution in [0.5, 0.6) is 0 Å². The maximum absolute atomic E-state index is 12.2. The maximum Gasteiger partial charge on any atom is 0.241 e. The molecule has 19 heavy (non-hydrogen) atoms. The number of nitrogens with one attached hydrogen (secondary N) is 1. The Morgan fingerprint density at radius 2 is 2.32 bits per heavy atom. The molecule has 1 aromatic rings. The summed E-state index contributed by atoms with van der Waals surface area (Å²) < 4.78 is 10.5. The lowest BCUT2D eigenvalue weighted by atomic mass is 10.2. The molecule has 0 aromatic carbocycles. The summed E-state index contributed by atoms with van der Waals surface area (Å²) in [5.74, 6) is 0.106. The van der Waals surface area contributed by atoms with E-state index >= 15 is 0 Å². The Morgan fingerprint density at radius 3 is 2.89 bits per heavy atom. The van der Waals surface area contributed by atoms with E-state index < -0.39 is 0 Å². The van der Waals surface area contributed by atoms with Gasteiger partial charge in [0.25, 0.3) is 0 Å². The molecule has 0 spiro atoms.